The molecule has 3 heterocycles. The van der Waals surface area contributed by atoms with Crippen LogP contribution in [0.5, 0.6) is 0 Å². The van der Waals surface area contributed by atoms with Crippen LogP contribution in [0.4, 0.5) is 0 Å². The summed E-state index contributed by atoms with van der Waals surface area (Å²) < 4.78 is 14.2. The van der Waals surface area contributed by atoms with Gasteiger partial charge >= 0.3 is 5.63 Å². The van der Waals surface area contributed by atoms with Crippen molar-refractivity contribution >= 4 is 43.9 Å². The Kier molecular flexibility index (Phi) is 3.13. The molecule has 0 aliphatic carbocycles. The van der Waals surface area contributed by atoms with E-state index in [1.165, 1.54) is 0 Å². The van der Waals surface area contributed by atoms with Crippen LogP contribution in [0.25, 0.3) is 49.6 Å². The summed E-state index contributed by atoms with van der Waals surface area (Å²) >= 11 is 0. The van der Waals surface area contributed by atoms with Crippen molar-refractivity contribution in [3.05, 3.63) is 88.3 Å². The molecular weight excluding hydrogens is 362 g/mol. The molecule has 0 saturated heterocycles. The van der Waals surface area contributed by atoms with Gasteiger partial charge in [0.15, 0.2) is 5.58 Å². The molecular formula is C25H17NO3. The van der Waals surface area contributed by atoms with Crippen molar-refractivity contribution in [2.45, 2.75) is 13.8 Å². The monoisotopic (exact) mass is 379 g/mol. The molecule has 0 saturated carbocycles. The molecule has 140 valence electrons. The first-order chi connectivity index (χ1) is 14.1. The first-order valence-electron chi connectivity index (χ1n) is 9.59. The van der Waals surface area contributed by atoms with Gasteiger partial charge in [0.1, 0.15) is 11.0 Å². The SMILES string of the molecule is Cc1cccc(C)c1-n1c2ccccc2c2c3c(=O)oc4ccccc4c3oc21. The average molecular weight is 379 g/mol. The summed E-state index contributed by atoms with van der Waals surface area (Å²) in [6.07, 6.45) is 0. The fraction of sp³-hybridized carbons (Fsp3) is 0.0800. The van der Waals surface area contributed by atoms with Crippen molar-refractivity contribution in [3.63, 3.8) is 0 Å². The third kappa shape index (κ3) is 2.06. The molecule has 0 bridgehead atoms. The Balaban J connectivity index is 1.93. The zero-order valence-electron chi connectivity index (χ0n) is 16.0. The smallest absolute Gasteiger partial charge is 0.348 e. The molecule has 0 spiro atoms. The van der Waals surface area contributed by atoms with Gasteiger partial charge in [-0.15, -0.1) is 0 Å². The zero-order chi connectivity index (χ0) is 19.7. The highest BCUT2D eigenvalue weighted by atomic mass is 16.4. The largest absolute Gasteiger partial charge is 0.438 e. The second-order valence-corrected chi connectivity index (χ2v) is 7.46. The lowest BCUT2D eigenvalue weighted by atomic mass is 10.1. The quantitative estimate of drug-likeness (QED) is 0.317. The van der Waals surface area contributed by atoms with E-state index in [-0.39, 0.29) is 5.63 Å². The molecule has 6 aromatic rings. The normalized spacial score (nSPS) is 11.9. The summed E-state index contributed by atoms with van der Waals surface area (Å²) in [4.78, 5) is 13.0. The van der Waals surface area contributed by atoms with Gasteiger partial charge in [-0.25, -0.2) is 4.79 Å². The van der Waals surface area contributed by atoms with Crippen LogP contribution in [0, 0.1) is 13.8 Å². The maximum Gasteiger partial charge on any atom is 0.348 e. The average Bonchev–Trinajstić information content (AvgIpc) is 3.25. The van der Waals surface area contributed by atoms with Crippen molar-refractivity contribution in [1.82, 2.24) is 4.57 Å². The standard InChI is InChI=1S/C25H17NO3/c1-14-8-7-9-15(2)22(14)26-18-12-5-3-10-16(18)20-21-23(29-24(20)26)17-11-4-6-13-19(17)28-25(21)27/h3-13H,1-2H3. The highest BCUT2D eigenvalue weighted by molar-refractivity contribution is 6.22. The van der Waals surface area contributed by atoms with Crippen LogP contribution in [-0.4, -0.2) is 4.57 Å². The first kappa shape index (κ1) is 16.2. The van der Waals surface area contributed by atoms with Crippen molar-refractivity contribution in [1.29, 1.82) is 0 Å². The minimum Gasteiger partial charge on any atom is -0.438 e. The number of aryl methyl sites for hydroxylation is 2. The highest BCUT2D eigenvalue weighted by Crippen LogP contribution is 2.40. The minimum atomic E-state index is -0.373. The van der Waals surface area contributed by atoms with E-state index in [1.54, 1.807) is 6.07 Å². The van der Waals surface area contributed by atoms with E-state index in [0.29, 0.717) is 22.3 Å². The minimum absolute atomic E-state index is 0.373. The van der Waals surface area contributed by atoms with Crippen molar-refractivity contribution in [3.8, 4) is 5.69 Å². The predicted octanol–water partition coefficient (Wildman–Crippen LogP) is 6.25. The van der Waals surface area contributed by atoms with Crippen LogP contribution in [0.1, 0.15) is 11.1 Å². The molecule has 0 radical (unpaired) electrons. The number of rotatable bonds is 1. The summed E-state index contributed by atoms with van der Waals surface area (Å²) in [5.74, 6) is 0. The van der Waals surface area contributed by atoms with E-state index in [4.69, 9.17) is 8.83 Å². The first-order valence-corrected chi connectivity index (χ1v) is 9.59. The van der Waals surface area contributed by atoms with Crippen LogP contribution >= 0.6 is 0 Å². The second-order valence-electron chi connectivity index (χ2n) is 7.46. The Morgan fingerprint density at radius 1 is 0.724 bits per heavy atom. The molecule has 0 aliphatic rings. The van der Waals surface area contributed by atoms with Crippen molar-refractivity contribution < 1.29 is 8.83 Å². The van der Waals surface area contributed by atoms with E-state index in [1.807, 2.05) is 36.4 Å². The zero-order valence-corrected chi connectivity index (χ0v) is 16.0. The Labute approximate surface area is 165 Å². The van der Waals surface area contributed by atoms with Gasteiger partial charge < -0.3 is 8.83 Å². The predicted molar refractivity (Wildman–Crippen MR) is 116 cm³/mol. The molecule has 0 atom stereocenters. The molecule has 0 N–H and O–H groups in total. The molecule has 4 heteroatoms. The molecule has 0 aliphatic heterocycles. The third-order valence-corrected chi connectivity index (χ3v) is 5.71. The number of nitrogens with zero attached hydrogens (tertiary/aromatic N) is 1. The van der Waals surface area contributed by atoms with E-state index < -0.39 is 0 Å². The van der Waals surface area contributed by atoms with E-state index in [0.717, 1.165) is 38.5 Å². The van der Waals surface area contributed by atoms with Gasteiger partial charge in [0.2, 0.25) is 5.71 Å². The van der Waals surface area contributed by atoms with Crippen LogP contribution in [0.15, 0.2) is 80.4 Å². The van der Waals surface area contributed by atoms with E-state index in [9.17, 15) is 4.79 Å². The van der Waals surface area contributed by atoms with Crippen LogP contribution in [0.3, 0.4) is 0 Å². The number of para-hydroxylation sites is 3. The van der Waals surface area contributed by atoms with Crippen molar-refractivity contribution in [2.75, 3.05) is 0 Å². The molecule has 4 nitrogen and oxygen atoms in total. The molecule has 6 rings (SSSR count). The summed E-state index contributed by atoms with van der Waals surface area (Å²) in [5.41, 5.74) is 5.77. The van der Waals surface area contributed by atoms with Crippen molar-refractivity contribution in [2.24, 2.45) is 0 Å². The summed E-state index contributed by atoms with van der Waals surface area (Å²) in [6.45, 7) is 4.19. The van der Waals surface area contributed by atoms with Gasteiger partial charge in [0, 0.05) is 5.39 Å². The Hall–Kier alpha value is -3.79. The van der Waals surface area contributed by atoms with Gasteiger partial charge in [0.05, 0.1) is 22.0 Å². The van der Waals surface area contributed by atoms with Gasteiger partial charge in [-0.2, -0.15) is 0 Å². The molecule has 29 heavy (non-hydrogen) atoms. The maximum atomic E-state index is 13.0. The van der Waals surface area contributed by atoms with Gasteiger partial charge in [-0.3, -0.25) is 4.57 Å². The van der Waals surface area contributed by atoms with E-state index in [2.05, 4.69) is 42.7 Å². The lowest BCUT2D eigenvalue weighted by Crippen LogP contribution is -1.99. The summed E-state index contributed by atoms with van der Waals surface area (Å²) in [7, 11) is 0. The van der Waals surface area contributed by atoms with E-state index >= 15 is 0 Å². The van der Waals surface area contributed by atoms with Crippen LogP contribution in [-0.2, 0) is 0 Å². The van der Waals surface area contributed by atoms with Crippen LogP contribution < -0.4 is 5.63 Å². The Morgan fingerprint density at radius 2 is 1.41 bits per heavy atom. The molecule has 3 aromatic heterocycles. The fourth-order valence-corrected chi connectivity index (χ4v) is 4.47. The summed E-state index contributed by atoms with van der Waals surface area (Å²) in [6, 6.07) is 21.8. The summed E-state index contributed by atoms with van der Waals surface area (Å²) in [5, 5.41) is 3.08. The Morgan fingerprint density at radius 3 is 2.21 bits per heavy atom. The van der Waals surface area contributed by atoms with Gasteiger partial charge in [-0.05, 0) is 43.2 Å². The van der Waals surface area contributed by atoms with Gasteiger partial charge in [-0.1, -0.05) is 48.5 Å². The number of hydrogen-bond donors (Lipinski definition) is 0. The number of aromatic nitrogens is 1. The fourth-order valence-electron chi connectivity index (χ4n) is 4.47. The number of furan rings is 1. The molecule has 0 fully saturated rings. The maximum absolute atomic E-state index is 13.0. The Bertz CT molecular complexity index is 1630. The second kappa shape index (κ2) is 5.61. The van der Waals surface area contributed by atoms with Crippen LogP contribution in [0.2, 0.25) is 0 Å². The lowest BCUT2D eigenvalue weighted by molar-refractivity contribution is 0.566. The molecule has 0 unspecified atom stereocenters. The number of benzene rings is 3. The topological polar surface area (TPSA) is 48.3 Å². The highest BCUT2D eigenvalue weighted by Gasteiger charge is 2.24. The van der Waals surface area contributed by atoms with Gasteiger partial charge in [0.25, 0.3) is 0 Å². The lowest BCUT2D eigenvalue weighted by Gasteiger charge is -2.12. The third-order valence-electron chi connectivity index (χ3n) is 5.71. The molecule has 0 amide bonds. The molecule has 3 aromatic carbocycles. The number of fused-ring (bicyclic) bond motifs is 7. The number of hydrogen-bond acceptors (Lipinski definition) is 3.